The lowest BCUT2D eigenvalue weighted by Crippen LogP contribution is -2.29. The standard InChI is InChI=1S/C7H15N2/c1-8-6-7-2-4-9-5-3-7/h7,9H,2-6H2,1H3/q-1. The zero-order chi connectivity index (χ0) is 6.53. The van der Waals surface area contributed by atoms with Crippen LogP contribution >= 0.6 is 0 Å². The van der Waals surface area contributed by atoms with E-state index in [0.29, 0.717) is 0 Å². The summed E-state index contributed by atoms with van der Waals surface area (Å²) in [4.78, 5) is 0. The fourth-order valence-corrected chi connectivity index (χ4v) is 1.32. The molecule has 2 nitrogen and oxygen atoms in total. The van der Waals surface area contributed by atoms with Gasteiger partial charge in [-0.1, -0.05) is 5.92 Å². The Bertz CT molecular complexity index is 64.6. The van der Waals surface area contributed by atoms with Gasteiger partial charge in [0.2, 0.25) is 0 Å². The van der Waals surface area contributed by atoms with E-state index in [1.54, 1.807) is 0 Å². The van der Waals surface area contributed by atoms with E-state index >= 15 is 0 Å². The molecule has 0 bridgehead atoms. The van der Waals surface area contributed by atoms with Crippen molar-refractivity contribution in [3.05, 3.63) is 5.32 Å². The summed E-state index contributed by atoms with van der Waals surface area (Å²) in [5, 5.41) is 7.46. The molecule has 0 aromatic rings. The Morgan fingerprint density at radius 3 is 2.67 bits per heavy atom. The molecular formula is C7H15N2-. The van der Waals surface area contributed by atoms with Crippen molar-refractivity contribution in [1.82, 2.24) is 5.32 Å². The minimum Gasteiger partial charge on any atom is -0.665 e. The van der Waals surface area contributed by atoms with Crippen LogP contribution in [0.2, 0.25) is 0 Å². The van der Waals surface area contributed by atoms with Crippen LogP contribution in [0.4, 0.5) is 0 Å². The quantitative estimate of drug-likeness (QED) is 0.588. The predicted molar refractivity (Wildman–Crippen MR) is 39.7 cm³/mol. The van der Waals surface area contributed by atoms with Crippen molar-refractivity contribution >= 4 is 0 Å². The van der Waals surface area contributed by atoms with Crippen LogP contribution in [0, 0.1) is 5.92 Å². The summed E-state index contributed by atoms with van der Waals surface area (Å²) in [5.74, 6) is 0.872. The van der Waals surface area contributed by atoms with E-state index in [1.807, 2.05) is 7.05 Å². The lowest BCUT2D eigenvalue weighted by Gasteiger charge is -2.27. The monoisotopic (exact) mass is 127 g/mol. The predicted octanol–water partition coefficient (Wildman–Crippen LogP) is 0.990. The summed E-state index contributed by atoms with van der Waals surface area (Å²) in [6, 6.07) is 0. The van der Waals surface area contributed by atoms with E-state index in [-0.39, 0.29) is 0 Å². The van der Waals surface area contributed by atoms with Crippen molar-refractivity contribution in [1.29, 1.82) is 0 Å². The van der Waals surface area contributed by atoms with E-state index in [2.05, 4.69) is 10.6 Å². The molecule has 1 aliphatic heterocycles. The number of hydrogen-bond donors (Lipinski definition) is 1. The van der Waals surface area contributed by atoms with Crippen molar-refractivity contribution < 1.29 is 0 Å². The molecule has 0 spiro atoms. The first-order valence-corrected chi connectivity index (χ1v) is 3.70. The first-order valence-electron chi connectivity index (χ1n) is 3.70. The first-order chi connectivity index (χ1) is 4.43. The van der Waals surface area contributed by atoms with Gasteiger partial charge in [-0.15, -0.1) is 6.54 Å². The summed E-state index contributed by atoms with van der Waals surface area (Å²) in [6.45, 7) is 3.46. The largest absolute Gasteiger partial charge is 0.665 e. The average Bonchev–Trinajstić information content (AvgIpc) is 1.91. The van der Waals surface area contributed by atoms with Crippen molar-refractivity contribution in [3.8, 4) is 0 Å². The molecule has 0 aliphatic carbocycles. The third kappa shape index (κ3) is 2.33. The summed E-state index contributed by atoms with van der Waals surface area (Å²) in [5.41, 5.74) is 0. The molecule has 1 heterocycles. The van der Waals surface area contributed by atoms with Crippen LogP contribution in [0.3, 0.4) is 0 Å². The third-order valence-corrected chi connectivity index (χ3v) is 1.90. The molecule has 0 unspecified atom stereocenters. The fourth-order valence-electron chi connectivity index (χ4n) is 1.32. The van der Waals surface area contributed by atoms with Crippen LogP contribution in [-0.4, -0.2) is 26.7 Å². The van der Waals surface area contributed by atoms with Crippen molar-refractivity contribution in [2.24, 2.45) is 5.92 Å². The lowest BCUT2D eigenvalue weighted by molar-refractivity contribution is 0.393. The zero-order valence-electron chi connectivity index (χ0n) is 6.06. The summed E-state index contributed by atoms with van der Waals surface area (Å²) in [6.07, 6.45) is 2.63. The summed E-state index contributed by atoms with van der Waals surface area (Å²) < 4.78 is 0. The van der Waals surface area contributed by atoms with E-state index in [9.17, 15) is 0 Å². The second-order valence-corrected chi connectivity index (χ2v) is 2.69. The van der Waals surface area contributed by atoms with Gasteiger partial charge >= 0.3 is 0 Å². The SMILES string of the molecule is C[N-]CC1CCNCC1. The van der Waals surface area contributed by atoms with Gasteiger partial charge in [0.1, 0.15) is 0 Å². The van der Waals surface area contributed by atoms with Gasteiger partial charge < -0.3 is 10.6 Å². The highest BCUT2D eigenvalue weighted by molar-refractivity contribution is 4.80. The van der Waals surface area contributed by atoms with Crippen LogP contribution in [0.25, 0.3) is 5.32 Å². The maximum Gasteiger partial charge on any atom is -0.00469 e. The van der Waals surface area contributed by atoms with Gasteiger partial charge in [0.25, 0.3) is 0 Å². The van der Waals surface area contributed by atoms with E-state index in [1.165, 1.54) is 25.9 Å². The van der Waals surface area contributed by atoms with Gasteiger partial charge in [0.15, 0.2) is 0 Å². The Labute approximate surface area is 57.0 Å². The second kappa shape index (κ2) is 3.85. The second-order valence-electron chi connectivity index (χ2n) is 2.69. The maximum absolute atomic E-state index is 4.13. The minimum atomic E-state index is 0.872. The van der Waals surface area contributed by atoms with Crippen LogP contribution in [0.15, 0.2) is 0 Å². The van der Waals surface area contributed by atoms with Crippen molar-refractivity contribution in [2.75, 3.05) is 26.7 Å². The molecular weight excluding hydrogens is 112 g/mol. The Hall–Kier alpha value is -0.0800. The van der Waals surface area contributed by atoms with Gasteiger partial charge in [0, 0.05) is 0 Å². The van der Waals surface area contributed by atoms with Gasteiger partial charge in [0.05, 0.1) is 0 Å². The molecule has 1 fully saturated rings. The fraction of sp³-hybridized carbons (Fsp3) is 1.00. The van der Waals surface area contributed by atoms with Gasteiger partial charge in [-0.2, -0.15) is 7.05 Å². The maximum atomic E-state index is 4.13. The highest BCUT2D eigenvalue weighted by atomic mass is 14.9. The van der Waals surface area contributed by atoms with Gasteiger partial charge in [-0.25, -0.2) is 0 Å². The Morgan fingerprint density at radius 2 is 2.11 bits per heavy atom. The van der Waals surface area contributed by atoms with Crippen LogP contribution in [0.5, 0.6) is 0 Å². The van der Waals surface area contributed by atoms with E-state index in [4.69, 9.17) is 0 Å². The molecule has 54 valence electrons. The van der Waals surface area contributed by atoms with Crippen molar-refractivity contribution in [3.63, 3.8) is 0 Å². The van der Waals surface area contributed by atoms with Crippen LogP contribution in [0.1, 0.15) is 12.8 Å². The highest BCUT2D eigenvalue weighted by Crippen LogP contribution is 2.12. The molecule has 0 amide bonds. The molecule has 2 heteroatoms. The molecule has 1 aliphatic rings. The molecule has 0 aromatic heterocycles. The van der Waals surface area contributed by atoms with Gasteiger partial charge in [-0.3, -0.25) is 0 Å². The van der Waals surface area contributed by atoms with Crippen LogP contribution < -0.4 is 5.32 Å². The molecule has 0 radical (unpaired) electrons. The number of hydrogen-bond acceptors (Lipinski definition) is 1. The summed E-state index contributed by atoms with van der Waals surface area (Å²) >= 11 is 0. The topological polar surface area (TPSA) is 26.1 Å². The van der Waals surface area contributed by atoms with E-state index < -0.39 is 0 Å². The van der Waals surface area contributed by atoms with Gasteiger partial charge in [-0.05, 0) is 25.9 Å². The van der Waals surface area contributed by atoms with Crippen molar-refractivity contribution in [2.45, 2.75) is 12.8 Å². The number of piperidine rings is 1. The number of rotatable bonds is 2. The molecule has 1 rings (SSSR count). The molecule has 0 saturated carbocycles. The van der Waals surface area contributed by atoms with Crippen LogP contribution in [-0.2, 0) is 0 Å². The minimum absolute atomic E-state index is 0.872. The third-order valence-electron chi connectivity index (χ3n) is 1.90. The molecule has 0 atom stereocenters. The average molecular weight is 127 g/mol. The smallest absolute Gasteiger partial charge is 0.00469 e. The highest BCUT2D eigenvalue weighted by Gasteiger charge is 2.07. The summed E-state index contributed by atoms with van der Waals surface area (Å²) in [7, 11) is 1.90. The normalized spacial score (nSPS) is 22.3. The Kier molecular flexibility index (Phi) is 3.01. The lowest BCUT2D eigenvalue weighted by atomic mass is 9.98. The molecule has 1 N–H and O–H groups in total. The Balaban J connectivity index is 2.08. The first kappa shape index (κ1) is 7.03. The zero-order valence-corrected chi connectivity index (χ0v) is 6.06. The molecule has 0 aromatic carbocycles. The number of nitrogens with zero attached hydrogens (tertiary/aromatic N) is 1. The number of nitrogens with one attached hydrogen (secondary N) is 1. The molecule has 9 heavy (non-hydrogen) atoms. The van der Waals surface area contributed by atoms with E-state index in [0.717, 1.165) is 12.5 Å². The Morgan fingerprint density at radius 1 is 1.44 bits per heavy atom. The molecule has 1 saturated heterocycles.